The fourth-order valence-corrected chi connectivity index (χ4v) is 2.76. The van der Waals surface area contributed by atoms with Crippen LogP contribution in [0.3, 0.4) is 0 Å². The number of aliphatic hydroxyl groups is 1. The SMILES string of the molecule is C[SiH](Oc1ccc(C#CCCCCCCO)cc1)C(C)(C)C. The Hall–Kier alpha value is -1.24. The molecule has 2 nitrogen and oxygen atoms in total. The van der Waals surface area contributed by atoms with Gasteiger partial charge in [0.1, 0.15) is 5.75 Å². The molecule has 1 N–H and O–H groups in total. The standard InChI is InChI=1S/C19H30O2Si/c1-19(2,3)22(4)21-18-14-12-17(13-15-18)11-9-7-5-6-8-10-16-20/h12-15,20,22H,5-8,10,16H2,1-4H3. The fraction of sp³-hybridized carbons (Fsp3) is 0.579. The number of unbranched alkanes of at least 4 members (excludes halogenated alkanes) is 4. The summed E-state index contributed by atoms with van der Waals surface area (Å²) in [6.45, 7) is 9.26. The minimum atomic E-state index is -1.23. The second-order valence-corrected chi connectivity index (χ2v) is 10.1. The van der Waals surface area contributed by atoms with Crippen LogP contribution in [-0.4, -0.2) is 20.8 Å². The van der Waals surface area contributed by atoms with Gasteiger partial charge in [-0.2, -0.15) is 0 Å². The van der Waals surface area contributed by atoms with E-state index in [-0.39, 0.29) is 5.04 Å². The Bertz CT molecular complexity index is 477. The van der Waals surface area contributed by atoms with Crippen LogP contribution in [0.1, 0.15) is 58.4 Å². The van der Waals surface area contributed by atoms with Crippen LogP contribution >= 0.6 is 0 Å². The molecule has 0 aromatic heterocycles. The highest BCUT2D eigenvalue weighted by Gasteiger charge is 2.24. The Morgan fingerprint density at radius 2 is 1.68 bits per heavy atom. The first-order valence-electron chi connectivity index (χ1n) is 8.30. The molecule has 0 bridgehead atoms. The Morgan fingerprint density at radius 3 is 2.27 bits per heavy atom. The third-order valence-electron chi connectivity index (χ3n) is 3.83. The van der Waals surface area contributed by atoms with Crippen LogP contribution in [0.15, 0.2) is 24.3 Å². The van der Waals surface area contributed by atoms with Gasteiger partial charge in [-0.25, -0.2) is 0 Å². The lowest BCUT2D eigenvalue weighted by molar-refractivity contribution is 0.282. The number of hydrogen-bond donors (Lipinski definition) is 1. The Morgan fingerprint density at radius 1 is 1.05 bits per heavy atom. The fourth-order valence-electron chi connectivity index (χ4n) is 1.84. The molecule has 0 aliphatic rings. The molecule has 1 unspecified atom stereocenters. The monoisotopic (exact) mass is 318 g/mol. The van der Waals surface area contributed by atoms with Crippen molar-refractivity contribution in [3.63, 3.8) is 0 Å². The van der Waals surface area contributed by atoms with Crippen LogP contribution in [0.25, 0.3) is 0 Å². The molecule has 1 aromatic rings. The molecule has 3 heteroatoms. The number of aliphatic hydroxyl groups excluding tert-OH is 1. The van der Waals surface area contributed by atoms with Crippen molar-refractivity contribution in [3.8, 4) is 17.6 Å². The lowest BCUT2D eigenvalue weighted by Gasteiger charge is -2.26. The summed E-state index contributed by atoms with van der Waals surface area (Å²) in [5.41, 5.74) is 1.05. The third kappa shape index (κ3) is 7.68. The predicted molar refractivity (Wildman–Crippen MR) is 96.8 cm³/mol. The number of rotatable bonds is 7. The van der Waals surface area contributed by atoms with E-state index in [4.69, 9.17) is 9.53 Å². The van der Waals surface area contributed by atoms with Gasteiger partial charge in [0.2, 0.25) is 9.04 Å². The van der Waals surface area contributed by atoms with E-state index in [1.54, 1.807) is 0 Å². The normalized spacial score (nSPS) is 12.4. The van der Waals surface area contributed by atoms with Crippen molar-refractivity contribution in [2.24, 2.45) is 0 Å². The van der Waals surface area contributed by atoms with Gasteiger partial charge >= 0.3 is 0 Å². The van der Waals surface area contributed by atoms with Gasteiger partial charge in [0.05, 0.1) is 0 Å². The number of benzene rings is 1. The van der Waals surface area contributed by atoms with Crippen molar-refractivity contribution >= 4 is 9.04 Å². The topological polar surface area (TPSA) is 29.5 Å². The molecule has 0 fully saturated rings. The first-order valence-corrected chi connectivity index (χ1v) is 10.5. The quantitative estimate of drug-likeness (QED) is 0.455. The average Bonchev–Trinajstić information content (AvgIpc) is 2.47. The summed E-state index contributed by atoms with van der Waals surface area (Å²) >= 11 is 0. The summed E-state index contributed by atoms with van der Waals surface area (Å²) in [7, 11) is -1.23. The zero-order chi connectivity index (χ0) is 16.4. The van der Waals surface area contributed by atoms with Gasteiger partial charge in [-0.3, -0.25) is 0 Å². The van der Waals surface area contributed by atoms with Crippen LogP contribution in [-0.2, 0) is 0 Å². The maximum absolute atomic E-state index is 8.70. The molecule has 0 saturated carbocycles. The van der Waals surface area contributed by atoms with Gasteiger partial charge < -0.3 is 9.53 Å². The molecule has 1 atom stereocenters. The average molecular weight is 319 g/mol. The largest absolute Gasteiger partial charge is 0.546 e. The van der Waals surface area contributed by atoms with E-state index in [9.17, 15) is 0 Å². The molecule has 0 saturated heterocycles. The van der Waals surface area contributed by atoms with Crippen molar-refractivity contribution in [2.75, 3.05) is 6.61 Å². The van der Waals surface area contributed by atoms with Gasteiger partial charge in [0.15, 0.2) is 0 Å². The van der Waals surface area contributed by atoms with Crippen molar-refractivity contribution in [1.82, 2.24) is 0 Å². The molecule has 0 aliphatic heterocycles. The lowest BCUT2D eigenvalue weighted by atomic mass is 10.1. The predicted octanol–water partition coefficient (Wildman–Crippen LogP) is 4.51. The zero-order valence-corrected chi connectivity index (χ0v) is 15.6. The Kier molecular flexibility index (Phi) is 8.30. The van der Waals surface area contributed by atoms with E-state index in [2.05, 4.69) is 39.2 Å². The van der Waals surface area contributed by atoms with Crippen LogP contribution < -0.4 is 4.43 Å². The zero-order valence-electron chi connectivity index (χ0n) is 14.5. The minimum Gasteiger partial charge on any atom is -0.546 e. The highest BCUT2D eigenvalue weighted by molar-refractivity contribution is 6.54. The third-order valence-corrected chi connectivity index (χ3v) is 6.89. The van der Waals surface area contributed by atoms with E-state index < -0.39 is 9.04 Å². The van der Waals surface area contributed by atoms with E-state index in [0.717, 1.165) is 43.4 Å². The maximum Gasteiger partial charge on any atom is 0.237 e. The maximum atomic E-state index is 8.70. The summed E-state index contributed by atoms with van der Waals surface area (Å²) in [5, 5.41) is 8.98. The molecule has 0 heterocycles. The van der Waals surface area contributed by atoms with E-state index >= 15 is 0 Å². The molecule has 22 heavy (non-hydrogen) atoms. The van der Waals surface area contributed by atoms with Crippen molar-refractivity contribution in [2.45, 2.75) is 64.5 Å². The first-order chi connectivity index (χ1) is 10.4. The summed E-state index contributed by atoms with van der Waals surface area (Å²) < 4.78 is 6.08. The summed E-state index contributed by atoms with van der Waals surface area (Å²) in [4.78, 5) is 0. The van der Waals surface area contributed by atoms with Crippen molar-refractivity contribution in [3.05, 3.63) is 29.8 Å². The molecule has 0 aliphatic carbocycles. The summed E-state index contributed by atoms with van der Waals surface area (Å²) in [6.07, 6.45) is 5.20. The molecule has 0 radical (unpaired) electrons. The van der Waals surface area contributed by atoms with Gasteiger partial charge in [0, 0.05) is 18.6 Å². The molecule has 0 spiro atoms. The van der Waals surface area contributed by atoms with Gasteiger partial charge in [-0.15, -0.1) is 0 Å². The molecular weight excluding hydrogens is 288 g/mol. The lowest BCUT2D eigenvalue weighted by Crippen LogP contribution is -2.28. The van der Waals surface area contributed by atoms with Gasteiger partial charge in [0.25, 0.3) is 0 Å². The second kappa shape index (κ2) is 9.71. The summed E-state index contributed by atoms with van der Waals surface area (Å²) in [5.74, 6) is 7.38. The van der Waals surface area contributed by atoms with Crippen LogP contribution in [0.4, 0.5) is 0 Å². The number of hydrogen-bond acceptors (Lipinski definition) is 2. The van der Waals surface area contributed by atoms with Gasteiger partial charge in [-0.1, -0.05) is 45.5 Å². The van der Waals surface area contributed by atoms with E-state index in [1.807, 2.05) is 24.3 Å². The first kappa shape index (κ1) is 18.8. The van der Waals surface area contributed by atoms with Crippen molar-refractivity contribution < 1.29 is 9.53 Å². The minimum absolute atomic E-state index is 0.272. The highest BCUT2D eigenvalue weighted by atomic mass is 28.3. The molecular formula is C19H30O2Si. The molecule has 0 amide bonds. The smallest absolute Gasteiger partial charge is 0.237 e. The Balaban J connectivity index is 2.39. The van der Waals surface area contributed by atoms with Crippen LogP contribution in [0.5, 0.6) is 5.75 Å². The van der Waals surface area contributed by atoms with E-state index in [0.29, 0.717) is 6.61 Å². The highest BCUT2D eigenvalue weighted by Crippen LogP contribution is 2.28. The van der Waals surface area contributed by atoms with Crippen LogP contribution in [0.2, 0.25) is 11.6 Å². The van der Waals surface area contributed by atoms with E-state index in [1.165, 1.54) is 0 Å². The van der Waals surface area contributed by atoms with Crippen LogP contribution in [0, 0.1) is 11.8 Å². The molecule has 1 rings (SSSR count). The second-order valence-electron chi connectivity index (χ2n) is 6.84. The molecule has 122 valence electrons. The summed E-state index contributed by atoms with van der Waals surface area (Å²) in [6, 6.07) is 8.14. The molecule has 1 aromatic carbocycles. The van der Waals surface area contributed by atoms with Crippen molar-refractivity contribution in [1.29, 1.82) is 0 Å². The van der Waals surface area contributed by atoms with Gasteiger partial charge in [-0.05, 0) is 48.7 Å². The Labute approximate surface area is 137 Å².